The van der Waals surface area contributed by atoms with Crippen molar-refractivity contribution in [2.45, 2.75) is 32.2 Å². The average molecular weight is 296 g/mol. The van der Waals surface area contributed by atoms with Crippen molar-refractivity contribution in [3.8, 4) is 0 Å². The first-order valence-corrected chi connectivity index (χ1v) is 7.80. The van der Waals surface area contributed by atoms with E-state index in [-0.39, 0.29) is 18.0 Å². The van der Waals surface area contributed by atoms with Crippen LogP contribution in [0.15, 0.2) is 17.5 Å². The molecule has 0 saturated carbocycles. The highest BCUT2D eigenvalue weighted by Gasteiger charge is 2.24. The van der Waals surface area contributed by atoms with Crippen molar-refractivity contribution in [1.82, 2.24) is 10.2 Å². The summed E-state index contributed by atoms with van der Waals surface area (Å²) in [4.78, 5) is 26.2. The van der Waals surface area contributed by atoms with Crippen LogP contribution in [0.2, 0.25) is 0 Å². The van der Waals surface area contributed by atoms with Gasteiger partial charge in [-0.1, -0.05) is 6.07 Å². The van der Waals surface area contributed by atoms with Crippen LogP contribution >= 0.6 is 11.3 Å². The molecular formula is C14H20N2O3S. The molecule has 1 aromatic rings. The number of piperidine rings is 1. The maximum Gasteiger partial charge on any atom is 0.409 e. The van der Waals surface area contributed by atoms with Gasteiger partial charge in [0.1, 0.15) is 0 Å². The van der Waals surface area contributed by atoms with Crippen LogP contribution in [0.1, 0.15) is 24.6 Å². The minimum atomic E-state index is -0.254. The first-order chi connectivity index (χ1) is 9.69. The molecular weight excluding hydrogens is 276 g/mol. The molecule has 1 fully saturated rings. The van der Waals surface area contributed by atoms with Crippen LogP contribution in [0.4, 0.5) is 4.79 Å². The van der Waals surface area contributed by atoms with Crippen LogP contribution in [-0.2, 0) is 16.0 Å². The van der Waals surface area contributed by atoms with Gasteiger partial charge in [0.05, 0.1) is 13.0 Å². The molecule has 0 radical (unpaired) electrons. The summed E-state index contributed by atoms with van der Waals surface area (Å²) in [5.74, 6) is 0.0574. The fourth-order valence-electron chi connectivity index (χ4n) is 2.27. The Labute approximate surface area is 122 Å². The van der Waals surface area contributed by atoms with E-state index in [2.05, 4.69) is 5.32 Å². The van der Waals surface area contributed by atoms with E-state index >= 15 is 0 Å². The zero-order chi connectivity index (χ0) is 14.4. The first kappa shape index (κ1) is 14.8. The number of amides is 2. The van der Waals surface area contributed by atoms with Crippen molar-refractivity contribution >= 4 is 23.3 Å². The summed E-state index contributed by atoms with van der Waals surface area (Å²) in [5, 5.41) is 5.01. The summed E-state index contributed by atoms with van der Waals surface area (Å²) in [7, 11) is 0. The highest BCUT2D eigenvalue weighted by molar-refractivity contribution is 7.10. The number of nitrogens with one attached hydrogen (secondary N) is 1. The molecule has 6 heteroatoms. The van der Waals surface area contributed by atoms with Crippen molar-refractivity contribution in [1.29, 1.82) is 0 Å². The molecule has 1 aliphatic heterocycles. The van der Waals surface area contributed by atoms with E-state index < -0.39 is 0 Å². The van der Waals surface area contributed by atoms with Crippen molar-refractivity contribution in [3.63, 3.8) is 0 Å². The lowest BCUT2D eigenvalue weighted by Gasteiger charge is -2.31. The molecule has 0 aromatic carbocycles. The zero-order valence-electron chi connectivity index (χ0n) is 11.6. The van der Waals surface area contributed by atoms with Crippen LogP contribution in [0.25, 0.3) is 0 Å². The molecule has 2 amide bonds. The summed E-state index contributed by atoms with van der Waals surface area (Å²) < 4.78 is 4.97. The number of likely N-dealkylation sites (tertiary alicyclic amines) is 1. The molecule has 0 unspecified atom stereocenters. The Hall–Kier alpha value is -1.56. The molecule has 0 bridgehead atoms. The normalized spacial score (nSPS) is 15.9. The Morgan fingerprint density at radius 1 is 1.45 bits per heavy atom. The maximum atomic E-state index is 11.9. The SMILES string of the molecule is CCOC(=O)N1CCC(NC(=O)Cc2cccs2)CC1. The van der Waals surface area contributed by atoms with E-state index in [1.54, 1.807) is 23.2 Å². The molecule has 1 aromatic heterocycles. The Bertz CT molecular complexity index is 439. The molecule has 2 heterocycles. The average Bonchev–Trinajstić information content (AvgIpc) is 2.92. The third-order valence-electron chi connectivity index (χ3n) is 3.30. The first-order valence-electron chi connectivity index (χ1n) is 6.92. The van der Waals surface area contributed by atoms with Gasteiger partial charge in [-0.25, -0.2) is 4.79 Å². The predicted molar refractivity (Wildman–Crippen MR) is 77.8 cm³/mol. The van der Waals surface area contributed by atoms with E-state index in [0.29, 0.717) is 26.1 Å². The Morgan fingerprint density at radius 2 is 2.20 bits per heavy atom. The van der Waals surface area contributed by atoms with Crippen molar-refractivity contribution in [2.75, 3.05) is 19.7 Å². The van der Waals surface area contributed by atoms with E-state index in [1.807, 2.05) is 17.5 Å². The summed E-state index contributed by atoms with van der Waals surface area (Å²) in [6.45, 7) is 3.48. The predicted octanol–water partition coefficient (Wildman–Crippen LogP) is 2.03. The standard InChI is InChI=1S/C14H20N2O3S/c1-2-19-14(18)16-7-5-11(6-8-16)15-13(17)10-12-4-3-9-20-12/h3-4,9,11H,2,5-8,10H2,1H3,(H,15,17). The van der Waals surface area contributed by atoms with E-state index in [4.69, 9.17) is 4.74 Å². The van der Waals surface area contributed by atoms with Gasteiger partial charge in [0.2, 0.25) is 5.91 Å². The monoisotopic (exact) mass is 296 g/mol. The largest absolute Gasteiger partial charge is 0.450 e. The number of carbonyl (C=O) groups excluding carboxylic acids is 2. The van der Waals surface area contributed by atoms with Gasteiger partial charge in [-0.05, 0) is 31.2 Å². The van der Waals surface area contributed by atoms with Gasteiger partial charge in [-0.3, -0.25) is 4.79 Å². The van der Waals surface area contributed by atoms with Crippen LogP contribution < -0.4 is 5.32 Å². The third kappa shape index (κ3) is 4.23. The van der Waals surface area contributed by atoms with Crippen molar-refractivity contribution < 1.29 is 14.3 Å². The van der Waals surface area contributed by atoms with Gasteiger partial charge in [0, 0.05) is 24.0 Å². The zero-order valence-corrected chi connectivity index (χ0v) is 12.4. The lowest BCUT2D eigenvalue weighted by Crippen LogP contribution is -2.47. The van der Waals surface area contributed by atoms with Gasteiger partial charge < -0.3 is 15.0 Å². The van der Waals surface area contributed by atoms with Gasteiger partial charge in [0.25, 0.3) is 0 Å². The number of carbonyl (C=O) groups is 2. The van der Waals surface area contributed by atoms with Crippen molar-refractivity contribution in [3.05, 3.63) is 22.4 Å². The fourth-order valence-corrected chi connectivity index (χ4v) is 2.97. The summed E-state index contributed by atoms with van der Waals surface area (Å²) in [5.41, 5.74) is 0. The lowest BCUT2D eigenvalue weighted by molar-refractivity contribution is -0.121. The Kier molecular flexibility index (Phi) is 5.40. The second-order valence-electron chi connectivity index (χ2n) is 4.78. The lowest BCUT2D eigenvalue weighted by atomic mass is 10.1. The smallest absolute Gasteiger partial charge is 0.409 e. The number of hydrogen-bond acceptors (Lipinski definition) is 4. The molecule has 1 N–H and O–H groups in total. The summed E-state index contributed by atoms with van der Waals surface area (Å²) in [6, 6.07) is 4.08. The summed E-state index contributed by atoms with van der Waals surface area (Å²) in [6.07, 6.45) is 1.76. The number of rotatable bonds is 4. The molecule has 1 saturated heterocycles. The van der Waals surface area contributed by atoms with Gasteiger partial charge >= 0.3 is 6.09 Å². The number of nitrogens with zero attached hydrogens (tertiary/aromatic N) is 1. The fraction of sp³-hybridized carbons (Fsp3) is 0.571. The molecule has 5 nitrogen and oxygen atoms in total. The summed E-state index contributed by atoms with van der Waals surface area (Å²) >= 11 is 1.59. The van der Waals surface area contributed by atoms with Crippen LogP contribution in [0, 0.1) is 0 Å². The second-order valence-corrected chi connectivity index (χ2v) is 5.82. The number of ether oxygens (including phenoxy) is 1. The minimum Gasteiger partial charge on any atom is -0.450 e. The number of hydrogen-bond donors (Lipinski definition) is 1. The van der Waals surface area contributed by atoms with Gasteiger partial charge in [-0.2, -0.15) is 0 Å². The van der Waals surface area contributed by atoms with Crippen LogP contribution in [0.3, 0.4) is 0 Å². The molecule has 110 valence electrons. The Morgan fingerprint density at radius 3 is 2.80 bits per heavy atom. The van der Waals surface area contributed by atoms with E-state index in [0.717, 1.165) is 17.7 Å². The topological polar surface area (TPSA) is 58.6 Å². The highest BCUT2D eigenvalue weighted by Crippen LogP contribution is 2.13. The Balaban J connectivity index is 1.71. The molecule has 20 heavy (non-hydrogen) atoms. The van der Waals surface area contributed by atoms with Gasteiger partial charge in [0.15, 0.2) is 0 Å². The molecule has 0 spiro atoms. The second kappa shape index (κ2) is 7.28. The maximum absolute atomic E-state index is 11.9. The highest BCUT2D eigenvalue weighted by atomic mass is 32.1. The quantitative estimate of drug-likeness (QED) is 0.925. The third-order valence-corrected chi connectivity index (χ3v) is 4.18. The molecule has 1 aliphatic rings. The van der Waals surface area contributed by atoms with E-state index in [9.17, 15) is 9.59 Å². The molecule has 0 aliphatic carbocycles. The molecule has 2 rings (SSSR count). The molecule has 0 atom stereocenters. The number of thiophene rings is 1. The minimum absolute atomic E-state index is 0.0574. The van der Waals surface area contributed by atoms with Crippen LogP contribution in [0.5, 0.6) is 0 Å². The van der Waals surface area contributed by atoms with Gasteiger partial charge in [-0.15, -0.1) is 11.3 Å². The van der Waals surface area contributed by atoms with Crippen LogP contribution in [-0.4, -0.2) is 42.6 Å². The van der Waals surface area contributed by atoms with E-state index in [1.165, 1.54) is 0 Å². The van der Waals surface area contributed by atoms with Crippen molar-refractivity contribution in [2.24, 2.45) is 0 Å².